The smallest absolute Gasteiger partial charge is 0.159 e. The van der Waals surface area contributed by atoms with Gasteiger partial charge in [-0.3, -0.25) is 14.8 Å². The maximum Gasteiger partial charge on any atom is 0.159 e. The van der Waals surface area contributed by atoms with Gasteiger partial charge in [0.05, 0.1) is 17.1 Å². The van der Waals surface area contributed by atoms with Crippen LogP contribution in [0.1, 0.15) is 18.9 Å². The molecule has 9 rings (SSSR count). The lowest BCUT2D eigenvalue weighted by molar-refractivity contribution is -0.114. The second kappa shape index (κ2) is 17.0. The summed E-state index contributed by atoms with van der Waals surface area (Å²) >= 11 is 0. The van der Waals surface area contributed by atoms with Crippen molar-refractivity contribution in [2.45, 2.75) is 19.8 Å². The molecule has 1 N–H and O–H groups in total. The van der Waals surface area contributed by atoms with Crippen molar-refractivity contribution in [3.63, 3.8) is 0 Å². The highest BCUT2D eigenvalue weighted by Crippen LogP contribution is 2.41. The van der Waals surface area contributed by atoms with Crippen LogP contribution in [0.25, 0.3) is 88.9 Å². The number of carbonyl (C=O) groups excluding carboxylic acids is 1. The van der Waals surface area contributed by atoms with E-state index in [4.69, 9.17) is 4.98 Å². The van der Waals surface area contributed by atoms with E-state index in [1.165, 1.54) is 18.4 Å². The average Bonchev–Trinajstić information content (AvgIpc) is 3.31. The quantitative estimate of drug-likeness (QED) is 0.105. The number of carbonyl (C=O) groups is 1. The SMILES string of the molecule is C/C(O)=C/C(=O)CCc1ccccc1-c1cc(-c2ccccc2-c2ccc(-c3ccccn3)cc2)cc(-c2ccccc2-c2ccc(-c3cc4ccccc4cn3)cc2)c1. The van der Waals surface area contributed by atoms with Crippen LogP contribution in [-0.2, 0) is 11.2 Å². The van der Waals surface area contributed by atoms with Crippen molar-refractivity contribution in [3.05, 3.63) is 218 Å². The van der Waals surface area contributed by atoms with Gasteiger partial charge in [0.1, 0.15) is 0 Å². The van der Waals surface area contributed by atoms with Crippen LogP contribution in [-0.4, -0.2) is 20.9 Å². The van der Waals surface area contributed by atoms with Gasteiger partial charge in [0.15, 0.2) is 5.78 Å². The molecule has 2 heterocycles. The lowest BCUT2D eigenvalue weighted by Gasteiger charge is -2.18. The molecule has 0 radical (unpaired) electrons. The highest BCUT2D eigenvalue weighted by molar-refractivity contribution is 5.93. The molecule has 0 amide bonds. The second-order valence-corrected chi connectivity index (χ2v) is 15.1. The molecule has 9 aromatic rings. The van der Waals surface area contributed by atoms with E-state index < -0.39 is 0 Å². The van der Waals surface area contributed by atoms with E-state index in [1.54, 1.807) is 0 Å². The van der Waals surface area contributed by atoms with Crippen LogP contribution in [0.4, 0.5) is 0 Å². The first-order valence-corrected chi connectivity index (χ1v) is 20.3. The van der Waals surface area contributed by atoms with Gasteiger partial charge in [-0.15, -0.1) is 0 Å². The Morgan fingerprint density at radius 2 is 0.933 bits per heavy atom. The van der Waals surface area contributed by atoms with Crippen LogP contribution in [0.15, 0.2) is 212 Å². The molecule has 4 heteroatoms. The Kier molecular flexibility index (Phi) is 10.8. The maximum atomic E-state index is 12.7. The minimum absolute atomic E-state index is 0.0225. The fourth-order valence-electron chi connectivity index (χ4n) is 8.07. The molecule has 0 unspecified atom stereocenters. The molecule has 0 aliphatic heterocycles. The van der Waals surface area contributed by atoms with Crippen molar-refractivity contribution in [2.24, 2.45) is 0 Å². The Labute approximate surface area is 350 Å². The van der Waals surface area contributed by atoms with E-state index in [1.807, 2.05) is 42.7 Å². The molecule has 0 saturated heterocycles. The van der Waals surface area contributed by atoms with Crippen molar-refractivity contribution >= 4 is 16.6 Å². The predicted octanol–water partition coefficient (Wildman–Crippen LogP) is 14.3. The predicted molar refractivity (Wildman–Crippen MR) is 247 cm³/mol. The van der Waals surface area contributed by atoms with Crippen molar-refractivity contribution in [2.75, 3.05) is 0 Å². The summed E-state index contributed by atoms with van der Waals surface area (Å²) in [6, 6.07) is 66.1. The molecule has 0 atom stereocenters. The second-order valence-electron chi connectivity index (χ2n) is 15.1. The zero-order chi connectivity index (χ0) is 40.8. The normalized spacial score (nSPS) is 11.4. The number of benzene rings is 7. The van der Waals surface area contributed by atoms with E-state index in [0.717, 1.165) is 89.1 Å². The maximum absolute atomic E-state index is 12.7. The summed E-state index contributed by atoms with van der Waals surface area (Å²) in [5.41, 5.74) is 16.1. The number of rotatable bonds is 11. The Bertz CT molecular complexity index is 3000. The monoisotopic (exact) mass is 774 g/mol. The minimum atomic E-state index is -0.0985. The zero-order valence-corrected chi connectivity index (χ0v) is 33.3. The Morgan fingerprint density at radius 3 is 1.50 bits per heavy atom. The van der Waals surface area contributed by atoms with Gasteiger partial charge in [0.25, 0.3) is 0 Å². The fourth-order valence-corrected chi connectivity index (χ4v) is 8.07. The van der Waals surface area contributed by atoms with Gasteiger partial charge in [-0.1, -0.05) is 152 Å². The third-order valence-corrected chi connectivity index (χ3v) is 11.0. The number of pyridine rings is 2. The number of aliphatic hydroxyl groups excluding tert-OH is 1. The van der Waals surface area contributed by atoms with Crippen molar-refractivity contribution < 1.29 is 9.90 Å². The zero-order valence-electron chi connectivity index (χ0n) is 33.3. The highest BCUT2D eigenvalue weighted by Gasteiger charge is 2.16. The third kappa shape index (κ3) is 8.18. The molecular formula is C56H42N2O2. The van der Waals surface area contributed by atoms with Crippen LogP contribution >= 0.6 is 0 Å². The standard InChI is InChI=1S/C56H42N2O2/c1-38(59)32-49(60)30-29-39-12-4-5-15-50(39)46-33-47(53-18-8-6-16-51(53)40-21-25-42(26-22-40)55-20-10-11-31-57-55)35-48(34-46)54-19-9-7-17-52(54)41-23-27-43(28-24-41)56-36-44-13-2-3-14-45(44)37-58-56/h2-28,31-37,59H,29-30H2,1H3/b38-32-. The molecule has 2 aromatic heterocycles. The lowest BCUT2D eigenvalue weighted by Crippen LogP contribution is -1.99. The van der Waals surface area contributed by atoms with Gasteiger partial charge in [-0.25, -0.2) is 0 Å². The molecule has 0 fully saturated rings. The molecule has 60 heavy (non-hydrogen) atoms. The van der Waals surface area contributed by atoms with Crippen LogP contribution in [0.5, 0.6) is 0 Å². The van der Waals surface area contributed by atoms with Gasteiger partial charge >= 0.3 is 0 Å². The number of hydrogen-bond acceptors (Lipinski definition) is 4. The minimum Gasteiger partial charge on any atom is -0.512 e. The summed E-state index contributed by atoms with van der Waals surface area (Å²) in [5.74, 6) is -0.0760. The van der Waals surface area contributed by atoms with Crippen LogP contribution in [0.3, 0.4) is 0 Å². The third-order valence-electron chi connectivity index (χ3n) is 11.0. The number of aliphatic hydroxyl groups is 1. The van der Waals surface area contributed by atoms with Crippen LogP contribution in [0.2, 0.25) is 0 Å². The van der Waals surface area contributed by atoms with Gasteiger partial charge < -0.3 is 5.11 Å². The molecule has 7 aromatic carbocycles. The van der Waals surface area contributed by atoms with Gasteiger partial charge in [0.2, 0.25) is 0 Å². The Hall–Kier alpha value is -7.69. The first kappa shape index (κ1) is 37.9. The van der Waals surface area contributed by atoms with E-state index in [9.17, 15) is 9.90 Å². The summed E-state index contributed by atoms with van der Waals surface area (Å²) in [7, 11) is 0. The van der Waals surface area contributed by atoms with Gasteiger partial charge in [-0.05, 0) is 116 Å². The topological polar surface area (TPSA) is 63.1 Å². The van der Waals surface area contributed by atoms with E-state index >= 15 is 0 Å². The molecule has 0 bridgehead atoms. The number of ketones is 1. The highest BCUT2D eigenvalue weighted by atomic mass is 16.3. The molecule has 0 aliphatic rings. The Balaban J connectivity index is 1.15. The average molecular weight is 775 g/mol. The van der Waals surface area contributed by atoms with Gasteiger partial charge in [-0.2, -0.15) is 0 Å². The molecule has 0 saturated carbocycles. The lowest BCUT2D eigenvalue weighted by atomic mass is 9.86. The largest absolute Gasteiger partial charge is 0.512 e. The summed E-state index contributed by atoms with van der Waals surface area (Å²) in [6.45, 7) is 1.53. The van der Waals surface area contributed by atoms with E-state index in [-0.39, 0.29) is 11.5 Å². The molecule has 0 spiro atoms. The molecule has 4 nitrogen and oxygen atoms in total. The Morgan fingerprint density at radius 1 is 0.467 bits per heavy atom. The van der Waals surface area contributed by atoms with Crippen molar-refractivity contribution in [1.29, 1.82) is 0 Å². The molecule has 0 aliphatic carbocycles. The van der Waals surface area contributed by atoms with Gasteiger partial charge in [0, 0.05) is 41.4 Å². The number of allylic oxidation sites excluding steroid dienone is 2. The van der Waals surface area contributed by atoms with Crippen LogP contribution in [0, 0.1) is 0 Å². The summed E-state index contributed by atoms with van der Waals surface area (Å²) in [4.78, 5) is 22.0. The number of nitrogens with zero attached hydrogens (tertiary/aromatic N) is 2. The number of fused-ring (bicyclic) bond motifs is 1. The fraction of sp³-hybridized carbons (Fsp3) is 0.0536. The first-order chi connectivity index (χ1) is 29.5. The van der Waals surface area contributed by atoms with Crippen LogP contribution < -0.4 is 0 Å². The molecule has 288 valence electrons. The number of aryl methyl sites for hydroxylation is 1. The summed E-state index contributed by atoms with van der Waals surface area (Å²) in [6.07, 6.45) is 5.92. The van der Waals surface area contributed by atoms with Crippen molar-refractivity contribution in [1.82, 2.24) is 9.97 Å². The molecular weight excluding hydrogens is 733 g/mol. The van der Waals surface area contributed by atoms with E-state index in [0.29, 0.717) is 12.8 Å². The number of aromatic nitrogens is 2. The van der Waals surface area contributed by atoms with E-state index in [2.05, 4.69) is 163 Å². The summed E-state index contributed by atoms with van der Waals surface area (Å²) < 4.78 is 0. The summed E-state index contributed by atoms with van der Waals surface area (Å²) in [5, 5.41) is 12.0. The first-order valence-electron chi connectivity index (χ1n) is 20.3. The number of hydrogen-bond donors (Lipinski definition) is 1. The van der Waals surface area contributed by atoms with Crippen molar-refractivity contribution in [3.8, 4) is 78.1 Å².